The average Bonchev–Trinajstić information content (AvgIpc) is 3.20. The van der Waals surface area contributed by atoms with Crippen LogP contribution in [0.3, 0.4) is 0 Å². The van der Waals surface area contributed by atoms with Crippen molar-refractivity contribution < 1.29 is 14.3 Å². The van der Waals surface area contributed by atoms with Gasteiger partial charge in [0.15, 0.2) is 0 Å². The van der Waals surface area contributed by atoms with Gasteiger partial charge in [0, 0.05) is 23.7 Å². The van der Waals surface area contributed by atoms with Gasteiger partial charge in [-0.05, 0) is 50.1 Å². The number of amides is 2. The van der Waals surface area contributed by atoms with Gasteiger partial charge in [-0.3, -0.25) is 14.6 Å². The number of rotatable bonds is 5. The van der Waals surface area contributed by atoms with Crippen LogP contribution in [0.4, 0.5) is 0 Å². The molecule has 1 atom stereocenters. The zero-order chi connectivity index (χ0) is 23.0. The molecule has 0 bridgehead atoms. The molecule has 1 N–H and O–H groups in total. The lowest BCUT2D eigenvalue weighted by Crippen LogP contribution is -2.64. The van der Waals surface area contributed by atoms with E-state index in [4.69, 9.17) is 4.74 Å². The highest BCUT2D eigenvalue weighted by atomic mass is 16.5. The van der Waals surface area contributed by atoms with E-state index in [0.29, 0.717) is 12.2 Å². The van der Waals surface area contributed by atoms with Crippen molar-refractivity contribution >= 4 is 22.7 Å². The fourth-order valence-corrected chi connectivity index (χ4v) is 5.15. The quantitative estimate of drug-likeness (QED) is 0.645. The summed E-state index contributed by atoms with van der Waals surface area (Å²) < 4.78 is 7.38. The molecule has 0 unspecified atom stereocenters. The van der Waals surface area contributed by atoms with Crippen LogP contribution in [-0.2, 0) is 17.9 Å². The largest absolute Gasteiger partial charge is 0.497 e. The Kier molecular flexibility index (Phi) is 5.56. The fraction of sp³-hybridized carbons (Fsp3) is 0.423. The Hall–Kier alpha value is -3.35. The lowest BCUT2D eigenvalue weighted by Gasteiger charge is -2.44. The molecule has 1 saturated carbocycles. The van der Waals surface area contributed by atoms with Gasteiger partial charge < -0.3 is 19.5 Å². The number of fused-ring (bicyclic) bond motifs is 3. The summed E-state index contributed by atoms with van der Waals surface area (Å²) in [6, 6.07) is 13.5. The summed E-state index contributed by atoms with van der Waals surface area (Å²) in [7, 11) is 1.63. The summed E-state index contributed by atoms with van der Waals surface area (Å²) in [6.45, 7) is 2.52. The smallest absolute Gasteiger partial charge is 0.271 e. The predicted molar refractivity (Wildman–Crippen MR) is 126 cm³/mol. The number of nitrogens with one attached hydrogen (secondary N) is 1. The molecule has 0 radical (unpaired) electrons. The minimum atomic E-state index is -1.05. The molecule has 7 heteroatoms. The van der Waals surface area contributed by atoms with Gasteiger partial charge in [0.2, 0.25) is 5.91 Å². The van der Waals surface area contributed by atoms with Crippen LogP contribution in [0.15, 0.2) is 48.7 Å². The SMILES string of the molecule is COc1ccc2cc3n(c2c1)C[C@@](C)(C(=O)NC1CCCCC1)N(Cc1ccccn1)C3=O. The number of pyridine rings is 1. The van der Waals surface area contributed by atoms with Gasteiger partial charge in [0.1, 0.15) is 17.0 Å². The number of methoxy groups -OCH3 is 1. The third kappa shape index (κ3) is 3.86. The summed E-state index contributed by atoms with van der Waals surface area (Å²) >= 11 is 0. The van der Waals surface area contributed by atoms with Crippen LogP contribution < -0.4 is 10.1 Å². The van der Waals surface area contributed by atoms with E-state index in [9.17, 15) is 9.59 Å². The monoisotopic (exact) mass is 446 g/mol. The van der Waals surface area contributed by atoms with Gasteiger partial charge in [-0.25, -0.2) is 0 Å². The second kappa shape index (κ2) is 8.54. The third-order valence-electron chi connectivity index (χ3n) is 7.11. The Morgan fingerprint density at radius 3 is 2.73 bits per heavy atom. The van der Waals surface area contributed by atoms with Crippen molar-refractivity contribution in [2.75, 3.05) is 7.11 Å². The molecule has 1 aliphatic heterocycles. The minimum Gasteiger partial charge on any atom is -0.497 e. The first-order valence-corrected chi connectivity index (χ1v) is 11.7. The van der Waals surface area contributed by atoms with Crippen molar-refractivity contribution in [2.24, 2.45) is 0 Å². The molecule has 1 aliphatic carbocycles. The third-order valence-corrected chi connectivity index (χ3v) is 7.11. The molecular formula is C26H30N4O3. The molecular weight excluding hydrogens is 416 g/mol. The number of benzene rings is 1. The number of hydrogen-bond acceptors (Lipinski definition) is 4. The molecule has 1 aromatic carbocycles. The Balaban J connectivity index is 1.56. The van der Waals surface area contributed by atoms with Crippen molar-refractivity contribution in [3.63, 3.8) is 0 Å². The van der Waals surface area contributed by atoms with Gasteiger partial charge in [-0.15, -0.1) is 0 Å². The molecule has 0 spiro atoms. The highest BCUT2D eigenvalue weighted by molar-refractivity contribution is 6.03. The second-order valence-electron chi connectivity index (χ2n) is 9.34. The maximum absolute atomic E-state index is 13.8. The van der Waals surface area contributed by atoms with E-state index in [0.717, 1.165) is 48.0 Å². The first-order chi connectivity index (χ1) is 16.0. The molecule has 2 aromatic heterocycles. The highest BCUT2D eigenvalue weighted by Crippen LogP contribution is 2.35. The zero-order valence-corrected chi connectivity index (χ0v) is 19.2. The standard InChI is InChI=1S/C26H30N4O3/c1-26(25(32)28-19-8-4-3-5-9-19)17-29-22-15-21(33-2)12-11-18(22)14-23(29)24(31)30(26)16-20-10-6-7-13-27-20/h6-7,10-15,19H,3-5,8-9,16-17H2,1-2H3,(H,28,32)/t26-/m0/s1. The molecule has 2 aliphatic rings. The van der Waals surface area contributed by atoms with Crippen LogP contribution in [0.2, 0.25) is 0 Å². The Morgan fingerprint density at radius 1 is 1.18 bits per heavy atom. The van der Waals surface area contributed by atoms with Crippen LogP contribution in [0.5, 0.6) is 5.75 Å². The number of hydrogen-bond donors (Lipinski definition) is 1. The van der Waals surface area contributed by atoms with Crippen LogP contribution in [0.1, 0.15) is 55.2 Å². The molecule has 172 valence electrons. The van der Waals surface area contributed by atoms with Crippen molar-refractivity contribution in [1.29, 1.82) is 0 Å². The van der Waals surface area contributed by atoms with Gasteiger partial charge in [-0.1, -0.05) is 25.3 Å². The van der Waals surface area contributed by atoms with Gasteiger partial charge in [0.05, 0.1) is 31.4 Å². The molecule has 7 nitrogen and oxygen atoms in total. The lowest BCUT2D eigenvalue weighted by atomic mass is 9.91. The summed E-state index contributed by atoms with van der Waals surface area (Å²) in [6.07, 6.45) is 7.17. The van der Waals surface area contributed by atoms with Crippen molar-refractivity contribution in [2.45, 2.75) is 63.7 Å². The van der Waals surface area contributed by atoms with Crippen molar-refractivity contribution in [3.05, 3.63) is 60.0 Å². The van der Waals surface area contributed by atoms with E-state index in [1.165, 1.54) is 6.42 Å². The Labute approximate surface area is 193 Å². The number of aromatic nitrogens is 2. The first kappa shape index (κ1) is 21.5. The molecule has 2 amide bonds. The molecule has 5 rings (SSSR count). The molecule has 1 fully saturated rings. The second-order valence-corrected chi connectivity index (χ2v) is 9.34. The van der Waals surface area contributed by atoms with E-state index in [-0.39, 0.29) is 24.4 Å². The van der Waals surface area contributed by atoms with Crippen molar-refractivity contribution in [1.82, 2.24) is 19.8 Å². The Morgan fingerprint density at radius 2 is 2.00 bits per heavy atom. The van der Waals surface area contributed by atoms with Crippen LogP contribution in [-0.4, -0.2) is 45.0 Å². The summed E-state index contributed by atoms with van der Waals surface area (Å²) in [5.41, 5.74) is 1.19. The summed E-state index contributed by atoms with van der Waals surface area (Å²) in [5, 5.41) is 4.22. The van der Waals surface area contributed by atoms with Gasteiger partial charge >= 0.3 is 0 Å². The van der Waals surface area contributed by atoms with Crippen LogP contribution in [0.25, 0.3) is 10.9 Å². The summed E-state index contributed by atoms with van der Waals surface area (Å²) in [4.78, 5) is 33.7. The average molecular weight is 447 g/mol. The Bertz CT molecular complexity index is 1180. The van der Waals surface area contributed by atoms with E-state index in [2.05, 4.69) is 10.3 Å². The van der Waals surface area contributed by atoms with Crippen LogP contribution >= 0.6 is 0 Å². The highest BCUT2D eigenvalue weighted by Gasteiger charge is 2.48. The first-order valence-electron chi connectivity index (χ1n) is 11.7. The van der Waals surface area contributed by atoms with E-state index >= 15 is 0 Å². The molecule has 33 heavy (non-hydrogen) atoms. The van der Waals surface area contributed by atoms with Gasteiger partial charge in [-0.2, -0.15) is 0 Å². The lowest BCUT2D eigenvalue weighted by molar-refractivity contribution is -0.134. The zero-order valence-electron chi connectivity index (χ0n) is 19.2. The molecule has 3 heterocycles. The van der Waals surface area contributed by atoms with E-state index < -0.39 is 5.54 Å². The number of carbonyl (C=O) groups is 2. The normalized spacial score (nSPS) is 21.2. The molecule has 3 aromatic rings. The maximum atomic E-state index is 13.8. The minimum absolute atomic E-state index is 0.103. The van der Waals surface area contributed by atoms with Crippen molar-refractivity contribution in [3.8, 4) is 5.75 Å². The number of ether oxygens (including phenoxy) is 1. The number of nitrogens with zero attached hydrogens (tertiary/aromatic N) is 3. The van der Waals surface area contributed by atoms with E-state index in [1.54, 1.807) is 18.2 Å². The van der Waals surface area contributed by atoms with Crippen LogP contribution in [0, 0.1) is 0 Å². The topological polar surface area (TPSA) is 76.5 Å². The maximum Gasteiger partial charge on any atom is 0.271 e. The van der Waals surface area contributed by atoms with Gasteiger partial charge in [0.25, 0.3) is 5.91 Å². The van der Waals surface area contributed by atoms with E-state index in [1.807, 2.05) is 54.0 Å². The number of carbonyl (C=O) groups excluding carboxylic acids is 2. The summed E-state index contributed by atoms with van der Waals surface area (Å²) in [5.74, 6) is 0.456. The molecule has 0 saturated heterocycles. The predicted octanol–water partition coefficient (Wildman–Crippen LogP) is 3.91. The fourth-order valence-electron chi connectivity index (χ4n) is 5.15.